The van der Waals surface area contributed by atoms with E-state index in [0.717, 1.165) is 0 Å². The van der Waals surface area contributed by atoms with Crippen LogP contribution in [-0.4, -0.2) is 30.6 Å². The standard InChI is InChI=1S/C7H12O4/c1-5(9)3-6(4-8)7(10)11-2/h6,8H,3-4H2,1-2H3/t6-/m0/s1. The number of Topliss-reactive ketones (excluding diaryl/α,β-unsaturated/α-hetero) is 1. The first kappa shape index (κ1) is 10.1. The van der Waals surface area contributed by atoms with Crippen molar-refractivity contribution in [2.24, 2.45) is 5.92 Å². The van der Waals surface area contributed by atoms with Crippen LogP contribution in [-0.2, 0) is 14.3 Å². The molecule has 0 amide bonds. The molecule has 0 saturated heterocycles. The van der Waals surface area contributed by atoms with Gasteiger partial charge in [-0.2, -0.15) is 0 Å². The summed E-state index contributed by atoms with van der Waals surface area (Å²) in [5, 5.41) is 8.62. The lowest BCUT2D eigenvalue weighted by molar-refractivity contribution is -0.148. The van der Waals surface area contributed by atoms with E-state index in [1.165, 1.54) is 14.0 Å². The van der Waals surface area contributed by atoms with E-state index in [1.54, 1.807) is 0 Å². The molecule has 0 aromatic heterocycles. The fourth-order valence-corrected chi connectivity index (χ4v) is 0.736. The Kier molecular flexibility index (Phi) is 4.45. The smallest absolute Gasteiger partial charge is 0.311 e. The normalized spacial score (nSPS) is 12.3. The number of aliphatic hydroxyl groups excluding tert-OH is 1. The molecule has 0 fully saturated rings. The molecule has 1 N–H and O–H groups in total. The number of esters is 1. The average molecular weight is 160 g/mol. The van der Waals surface area contributed by atoms with Gasteiger partial charge in [0.2, 0.25) is 0 Å². The molecule has 0 aromatic carbocycles. The van der Waals surface area contributed by atoms with E-state index in [9.17, 15) is 9.59 Å². The van der Waals surface area contributed by atoms with Crippen LogP contribution in [0.1, 0.15) is 13.3 Å². The molecular weight excluding hydrogens is 148 g/mol. The lowest BCUT2D eigenvalue weighted by Crippen LogP contribution is -2.22. The summed E-state index contributed by atoms with van der Waals surface area (Å²) in [6.45, 7) is 1.03. The molecule has 11 heavy (non-hydrogen) atoms. The fourth-order valence-electron chi connectivity index (χ4n) is 0.736. The van der Waals surface area contributed by atoms with Gasteiger partial charge in [-0.15, -0.1) is 0 Å². The van der Waals surface area contributed by atoms with Gasteiger partial charge in [-0.25, -0.2) is 0 Å². The van der Waals surface area contributed by atoms with Crippen molar-refractivity contribution in [2.45, 2.75) is 13.3 Å². The van der Waals surface area contributed by atoms with Crippen molar-refractivity contribution in [3.63, 3.8) is 0 Å². The van der Waals surface area contributed by atoms with Crippen LogP contribution < -0.4 is 0 Å². The van der Waals surface area contributed by atoms with Crippen LogP contribution >= 0.6 is 0 Å². The second-order valence-corrected chi connectivity index (χ2v) is 2.31. The minimum atomic E-state index is -0.697. The van der Waals surface area contributed by atoms with Gasteiger partial charge < -0.3 is 14.6 Å². The number of carbonyl (C=O) groups excluding carboxylic acids is 2. The Morgan fingerprint density at radius 3 is 2.36 bits per heavy atom. The monoisotopic (exact) mass is 160 g/mol. The van der Waals surface area contributed by atoms with Gasteiger partial charge in [0.1, 0.15) is 5.78 Å². The van der Waals surface area contributed by atoms with Crippen LogP contribution in [0.15, 0.2) is 0 Å². The average Bonchev–Trinajstić information content (AvgIpc) is 1.98. The van der Waals surface area contributed by atoms with Gasteiger partial charge in [-0.05, 0) is 6.92 Å². The largest absolute Gasteiger partial charge is 0.469 e. The van der Waals surface area contributed by atoms with Crippen molar-refractivity contribution in [3.8, 4) is 0 Å². The number of ketones is 1. The van der Waals surface area contributed by atoms with E-state index in [-0.39, 0.29) is 18.8 Å². The molecule has 1 atom stereocenters. The molecule has 0 heterocycles. The summed E-state index contributed by atoms with van der Waals surface area (Å²) >= 11 is 0. The van der Waals surface area contributed by atoms with E-state index < -0.39 is 11.9 Å². The van der Waals surface area contributed by atoms with E-state index >= 15 is 0 Å². The molecule has 0 spiro atoms. The molecule has 0 rings (SSSR count). The Morgan fingerprint density at radius 1 is 1.55 bits per heavy atom. The topological polar surface area (TPSA) is 63.6 Å². The minimum absolute atomic E-state index is 0.0448. The zero-order valence-corrected chi connectivity index (χ0v) is 6.66. The minimum Gasteiger partial charge on any atom is -0.469 e. The first-order valence-corrected chi connectivity index (χ1v) is 3.30. The lowest BCUT2D eigenvalue weighted by atomic mass is 10.1. The number of hydrogen-bond donors (Lipinski definition) is 1. The number of methoxy groups -OCH3 is 1. The Balaban J connectivity index is 3.94. The van der Waals surface area contributed by atoms with Crippen molar-refractivity contribution in [3.05, 3.63) is 0 Å². The first-order valence-electron chi connectivity index (χ1n) is 3.30. The molecule has 0 aliphatic rings. The lowest BCUT2D eigenvalue weighted by Gasteiger charge is -2.08. The SMILES string of the molecule is COC(=O)[C@H](CO)CC(C)=O. The Morgan fingerprint density at radius 2 is 2.09 bits per heavy atom. The Labute approximate surface area is 65.2 Å². The van der Waals surface area contributed by atoms with E-state index in [1.807, 2.05) is 0 Å². The third-order valence-corrected chi connectivity index (χ3v) is 1.29. The molecule has 4 heteroatoms. The van der Waals surface area contributed by atoms with Gasteiger partial charge in [0.15, 0.2) is 0 Å². The third-order valence-electron chi connectivity index (χ3n) is 1.29. The number of hydrogen-bond acceptors (Lipinski definition) is 4. The Hall–Kier alpha value is -0.900. The maximum atomic E-state index is 10.7. The van der Waals surface area contributed by atoms with Gasteiger partial charge in [-0.3, -0.25) is 4.79 Å². The quantitative estimate of drug-likeness (QED) is 0.576. The summed E-state index contributed by atoms with van der Waals surface area (Å²) in [5.74, 6) is -1.37. The molecule has 0 aromatic rings. The molecule has 0 aliphatic carbocycles. The van der Waals surface area contributed by atoms with Gasteiger partial charge in [-0.1, -0.05) is 0 Å². The third kappa shape index (κ3) is 3.72. The van der Waals surface area contributed by atoms with Gasteiger partial charge in [0.05, 0.1) is 19.6 Å². The van der Waals surface area contributed by atoms with Crippen LogP contribution in [0.5, 0.6) is 0 Å². The summed E-state index contributed by atoms with van der Waals surface area (Å²) in [6.07, 6.45) is 0.0448. The zero-order valence-electron chi connectivity index (χ0n) is 6.66. The molecule has 0 saturated carbocycles. The number of carbonyl (C=O) groups is 2. The van der Waals surface area contributed by atoms with Gasteiger partial charge in [0.25, 0.3) is 0 Å². The number of rotatable bonds is 4. The second-order valence-electron chi connectivity index (χ2n) is 2.31. The van der Waals surface area contributed by atoms with Crippen molar-refractivity contribution in [1.82, 2.24) is 0 Å². The molecule has 0 aliphatic heterocycles. The molecule has 0 radical (unpaired) electrons. The van der Waals surface area contributed by atoms with Gasteiger partial charge in [0, 0.05) is 6.42 Å². The summed E-state index contributed by atoms with van der Waals surface area (Å²) < 4.78 is 4.35. The molecule has 64 valence electrons. The van der Waals surface area contributed by atoms with E-state index in [2.05, 4.69) is 4.74 Å². The fraction of sp³-hybridized carbons (Fsp3) is 0.714. The van der Waals surface area contributed by atoms with E-state index in [0.29, 0.717) is 0 Å². The molecule has 4 nitrogen and oxygen atoms in total. The maximum absolute atomic E-state index is 10.7. The highest BCUT2D eigenvalue weighted by molar-refractivity contribution is 5.82. The number of ether oxygens (including phenoxy) is 1. The number of aliphatic hydroxyl groups is 1. The zero-order chi connectivity index (χ0) is 8.85. The predicted octanol–water partition coefficient (Wildman–Crippen LogP) is -0.253. The van der Waals surface area contributed by atoms with Crippen molar-refractivity contribution in [2.75, 3.05) is 13.7 Å². The first-order chi connectivity index (χ1) is 5.11. The highest BCUT2D eigenvalue weighted by atomic mass is 16.5. The molecule has 0 unspecified atom stereocenters. The van der Waals surface area contributed by atoms with E-state index in [4.69, 9.17) is 5.11 Å². The Bertz CT molecular complexity index is 153. The summed E-state index contributed by atoms with van der Waals surface area (Å²) in [7, 11) is 1.23. The highest BCUT2D eigenvalue weighted by Gasteiger charge is 2.19. The van der Waals surface area contributed by atoms with Crippen molar-refractivity contribution < 1.29 is 19.4 Å². The van der Waals surface area contributed by atoms with Crippen LogP contribution in [0, 0.1) is 5.92 Å². The summed E-state index contributed by atoms with van der Waals surface area (Å²) in [5.41, 5.74) is 0. The highest BCUT2D eigenvalue weighted by Crippen LogP contribution is 2.04. The maximum Gasteiger partial charge on any atom is 0.311 e. The predicted molar refractivity (Wildman–Crippen MR) is 37.9 cm³/mol. The van der Waals surface area contributed by atoms with Gasteiger partial charge >= 0.3 is 5.97 Å². The van der Waals surface area contributed by atoms with Crippen LogP contribution in [0.2, 0.25) is 0 Å². The van der Waals surface area contributed by atoms with Crippen LogP contribution in [0.25, 0.3) is 0 Å². The second kappa shape index (κ2) is 4.85. The summed E-state index contributed by atoms with van der Waals surface area (Å²) in [4.78, 5) is 21.3. The molecule has 0 bridgehead atoms. The summed E-state index contributed by atoms with van der Waals surface area (Å²) in [6, 6.07) is 0. The van der Waals surface area contributed by atoms with Crippen molar-refractivity contribution >= 4 is 11.8 Å². The van der Waals surface area contributed by atoms with Crippen molar-refractivity contribution in [1.29, 1.82) is 0 Å². The van der Waals surface area contributed by atoms with Crippen LogP contribution in [0.4, 0.5) is 0 Å². The molecular formula is C7H12O4. The van der Waals surface area contributed by atoms with Crippen LogP contribution in [0.3, 0.4) is 0 Å².